The van der Waals surface area contributed by atoms with Gasteiger partial charge < -0.3 is 10.2 Å². The quantitative estimate of drug-likeness (QED) is 0.814. The summed E-state index contributed by atoms with van der Waals surface area (Å²) in [7, 11) is 0. The van der Waals surface area contributed by atoms with Gasteiger partial charge in [-0.2, -0.15) is 4.37 Å². The van der Waals surface area contributed by atoms with Crippen molar-refractivity contribution in [2.75, 3.05) is 24.5 Å². The highest BCUT2D eigenvalue weighted by Gasteiger charge is 2.25. The summed E-state index contributed by atoms with van der Waals surface area (Å²) in [5, 5.41) is 4.67. The van der Waals surface area contributed by atoms with Crippen molar-refractivity contribution in [2.24, 2.45) is 0 Å². The van der Waals surface area contributed by atoms with Crippen molar-refractivity contribution in [3.63, 3.8) is 0 Å². The minimum Gasteiger partial charge on any atom is -0.343 e. The van der Waals surface area contributed by atoms with E-state index >= 15 is 0 Å². The molecular formula is C14H26N4S. The van der Waals surface area contributed by atoms with Crippen LogP contribution < -0.4 is 10.2 Å². The first kappa shape index (κ1) is 14.7. The Morgan fingerprint density at radius 2 is 2.26 bits per heavy atom. The summed E-state index contributed by atoms with van der Waals surface area (Å²) in [6.07, 6.45) is 5.09. The second-order valence-electron chi connectivity index (χ2n) is 5.64. The maximum Gasteiger partial charge on any atom is 0.205 e. The van der Waals surface area contributed by atoms with Crippen molar-refractivity contribution in [3.05, 3.63) is 5.82 Å². The Morgan fingerprint density at radius 1 is 1.42 bits per heavy atom. The molecule has 2 heterocycles. The molecule has 1 aromatic rings. The van der Waals surface area contributed by atoms with Crippen LogP contribution in [0, 0.1) is 0 Å². The van der Waals surface area contributed by atoms with E-state index in [4.69, 9.17) is 4.98 Å². The van der Waals surface area contributed by atoms with Crippen LogP contribution in [0.5, 0.6) is 0 Å². The summed E-state index contributed by atoms with van der Waals surface area (Å²) in [5.41, 5.74) is 0. The van der Waals surface area contributed by atoms with Gasteiger partial charge in [0.15, 0.2) is 0 Å². The molecule has 1 aliphatic heterocycles. The van der Waals surface area contributed by atoms with Crippen LogP contribution in [-0.2, 0) is 0 Å². The fraction of sp³-hybridized carbons (Fsp3) is 0.857. The van der Waals surface area contributed by atoms with Gasteiger partial charge in [0.25, 0.3) is 0 Å². The van der Waals surface area contributed by atoms with Gasteiger partial charge in [-0.05, 0) is 32.2 Å². The Hall–Kier alpha value is -0.680. The lowest BCUT2D eigenvalue weighted by Crippen LogP contribution is -2.45. The Labute approximate surface area is 120 Å². The first-order valence-corrected chi connectivity index (χ1v) is 8.30. The predicted octanol–water partition coefficient (Wildman–Crippen LogP) is 3.02. The van der Waals surface area contributed by atoms with E-state index in [1.54, 1.807) is 11.5 Å². The Bertz CT molecular complexity index is 377. The molecule has 4 nitrogen and oxygen atoms in total. The molecule has 1 unspecified atom stereocenters. The molecule has 2 rings (SSSR count). The molecule has 108 valence electrons. The van der Waals surface area contributed by atoms with E-state index in [1.165, 1.54) is 25.7 Å². The number of nitrogens with one attached hydrogen (secondary N) is 1. The number of aromatic nitrogens is 2. The molecule has 1 fully saturated rings. The van der Waals surface area contributed by atoms with Gasteiger partial charge in [-0.3, -0.25) is 0 Å². The minimum absolute atomic E-state index is 0.423. The fourth-order valence-electron chi connectivity index (χ4n) is 2.49. The van der Waals surface area contributed by atoms with Crippen molar-refractivity contribution in [3.8, 4) is 0 Å². The Morgan fingerprint density at radius 3 is 2.95 bits per heavy atom. The van der Waals surface area contributed by atoms with Crippen LogP contribution in [0.15, 0.2) is 0 Å². The fourth-order valence-corrected chi connectivity index (χ4v) is 3.39. The van der Waals surface area contributed by atoms with Gasteiger partial charge in [0.05, 0.1) is 0 Å². The van der Waals surface area contributed by atoms with Crippen molar-refractivity contribution in [2.45, 2.75) is 58.4 Å². The molecule has 1 aliphatic rings. The molecule has 1 atom stereocenters. The zero-order chi connectivity index (χ0) is 13.7. The van der Waals surface area contributed by atoms with Crippen LogP contribution in [0.4, 0.5) is 5.13 Å². The third kappa shape index (κ3) is 3.89. The molecule has 1 N–H and O–H groups in total. The van der Waals surface area contributed by atoms with E-state index < -0.39 is 0 Å². The van der Waals surface area contributed by atoms with Crippen LogP contribution >= 0.6 is 11.5 Å². The monoisotopic (exact) mass is 282 g/mol. The summed E-state index contributed by atoms with van der Waals surface area (Å²) in [6, 6.07) is 0.591. The standard InChI is InChI=1S/C14H26N4S/c1-4-8-15-10-12-7-5-6-9-18(12)14-16-13(11(2)3)17-19-14/h11-12,15H,4-10H2,1-3H3. The molecule has 0 bridgehead atoms. The highest BCUT2D eigenvalue weighted by Crippen LogP contribution is 2.27. The van der Waals surface area contributed by atoms with Crippen LogP contribution in [0.3, 0.4) is 0 Å². The summed E-state index contributed by atoms with van der Waals surface area (Å²) in [6.45, 7) is 9.84. The molecule has 19 heavy (non-hydrogen) atoms. The van der Waals surface area contributed by atoms with Gasteiger partial charge in [0.1, 0.15) is 5.82 Å². The van der Waals surface area contributed by atoms with Gasteiger partial charge in [-0.15, -0.1) is 0 Å². The lowest BCUT2D eigenvalue weighted by molar-refractivity contribution is 0.435. The van der Waals surface area contributed by atoms with Crippen LogP contribution in [0.2, 0.25) is 0 Å². The Balaban J connectivity index is 2.01. The van der Waals surface area contributed by atoms with Gasteiger partial charge in [-0.1, -0.05) is 20.8 Å². The summed E-state index contributed by atoms with van der Waals surface area (Å²) in [5.74, 6) is 1.41. The average molecular weight is 282 g/mol. The first-order chi connectivity index (χ1) is 9.22. The molecule has 0 amide bonds. The molecule has 0 radical (unpaired) electrons. The second kappa shape index (κ2) is 7.20. The van der Waals surface area contributed by atoms with Gasteiger partial charge in [0, 0.05) is 36.6 Å². The normalized spacial score (nSPS) is 20.2. The molecular weight excluding hydrogens is 256 g/mol. The van der Waals surface area contributed by atoms with E-state index in [-0.39, 0.29) is 0 Å². The van der Waals surface area contributed by atoms with Gasteiger partial charge in [0.2, 0.25) is 5.13 Å². The molecule has 0 aliphatic carbocycles. The predicted molar refractivity (Wildman–Crippen MR) is 82.1 cm³/mol. The second-order valence-corrected chi connectivity index (χ2v) is 6.37. The summed E-state index contributed by atoms with van der Waals surface area (Å²) < 4.78 is 4.49. The zero-order valence-corrected chi connectivity index (χ0v) is 13.2. The number of anilines is 1. The van der Waals surface area contributed by atoms with Crippen molar-refractivity contribution in [1.82, 2.24) is 14.7 Å². The number of piperidine rings is 1. The van der Waals surface area contributed by atoms with E-state index in [0.29, 0.717) is 12.0 Å². The maximum absolute atomic E-state index is 4.72. The van der Waals surface area contributed by atoms with Gasteiger partial charge >= 0.3 is 0 Å². The molecule has 5 heteroatoms. The molecule has 1 aromatic heterocycles. The lowest BCUT2D eigenvalue weighted by Gasteiger charge is -2.35. The molecule has 0 spiro atoms. The Kier molecular flexibility index (Phi) is 5.58. The largest absolute Gasteiger partial charge is 0.343 e. The van der Waals surface area contributed by atoms with E-state index in [0.717, 1.165) is 30.6 Å². The third-order valence-corrected chi connectivity index (χ3v) is 4.39. The van der Waals surface area contributed by atoms with E-state index in [1.807, 2.05) is 0 Å². The third-order valence-electron chi connectivity index (χ3n) is 3.63. The smallest absolute Gasteiger partial charge is 0.205 e. The minimum atomic E-state index is 0.423. The number of hydrogen-bond donors (Lipinski definition) is 1. The first-order valence-electron chi connectivity index (χ1n) is 7.53. The summed E-state index contributed by atoms with van der Waals surface area (Å²) in [4.78, 5) is 7.19. The average Bonchev–Trinajstić information content (AvgIpc) is 2.89. The number of rotatable bonds is 6. The zero-order valence-electron chi connectivity index (χ0n) is 12.4. The highest BCUT2D eigenvalue weighted by molar-refractivity contribution is 7.09. The SMILES string of the molecule is CCCNCC1CCCCN1c1nc(C(C)C)ns1. The van der Waals surface area contributed by atoms with Crippen molar-refractivity contribution < 1.29 is 0 Å². The van der Waals surface area contributed by atoms with Crippen LogP contribution in [0.25, 0.3) is 0 Å². The van der Waals surface area contributed by atoms with Crippen LogP contribution in [0.1, 0.15) is 58.2 Å². The number of hydrogen-bond acceptors (Lipinski definition) is 5. The molecule has 1 saturated heterocycles. The number of nitrogens with zero attached hydrogens (tertiary/aromatic N) is 3. The van der Waals surface area contributed by atoms with Crippen molar-refractivity contribution in [1.29, 1.82) is 0 Å². The van der Waals surface area contributed by atoms with Gasteiger partial charge in [-0.25, -0.2) is 4.98 Å². The topological polar surface area (TPSA) is 41.0 Å². The van der Waals surface area contributed by atoms with Crippen molar-refractivity contribution >= 4 is 16.7 Å². The lowest BCUT2D eigenvalue weighted by atomic mass is 10.0. The molecule has 0 aromatic carbocycles. The maximum atomic E-state index is 4.72. The molecule has 0 saturated carbocycles. The van der Waals surface area contributed by atoms with E-state index in [9.17, 15) is 0 Å². The summed E-state index contributed by atoms with van der Waals surface area (Å²) >= 11 is 1.56. The van der Waals surface area contributed by atoms with E-state index in [2.05, 4.69) is 35.4 Å². The highest BCUT2D eigenvalue weighted by atomic mass is 32.1. The van der Waals surface area contributed by atoms with Crippen LogP contribution in [-0.4, -0.2) is 35.0 Å².